The van der Waals surface area contributed by atoms with Gasteiger partial charge in [0.05, 0.1) is 11.0 Å². The van der Waals surface area contributed by atoms with Crippen LogP contribution in [0, 0.1) is 33.1 Å². The second-order valence-electron chi connectivity index (χ2n) is 4.92. The number of nitriles is 1. The van der Waals surface area contributed by atoms with E-state index in [2.05, 4.69) is 5.10 Å². The maximum absolute atomic E-state index is 14.1. The van der Waals surface area contributed by atoms with Gasteiger partial charge >= 0.3 is 11.9 Å². The Bertz CT molecular complexity index is 900. The predicted molar refractivity (Wildman–Crippen MR) is 74.1 cm³/mol. The molecule has 132 valence electrons. The molecule has 12 heteroatoms. The molecule has 1 aromatic heterocycles. The number of rotatable bonds is 3. The van der Waals surface area contributed by atoms with Crippen molar-refractivity contribution in [2.45, 2.75) is 19.1 Å². The van der Waals surface area contributed by atoms with E-state index in [9.17, 15) is 32.1 Å². The van der Waals surface area contributed by atoms with Crippen LogP contribution in [-0.4, -0.2) is 20.9 Å². The summed E-state index contributed by atoms with van der Waals surface area (Å²) in [5, 5.41) is 23.1. The van der Waals surface area contributed by atoms with Crippen molar-refractivity contribution < 1.29 is 26.9 Å². The summed E-state index contributed by atoms with van der Waals surface area (Å²) in [6, 6.07) is -0.144. The Morgan fingerprint density at radius 1 is 1.36 bits per heavy atom. The topological polar surface area (TPSA) is 111 Å². The Balaban J connectivity index is 2.71. The van der Waals surface area contributed by atoms with Crippen molar-refractivity contribution in [2.75, 3.05) is 5.73 Å². The number of alkyl halides is 3. The van der Waals surface area contributed by atoms with Crippen molar-refractivity contribution in [3.8, 4) is 17.3 Å². The Morgan fingerprint density at radius 2 is 1.96 bits per heavy atom. The van der Waals surface area contributed by atoms with Gasteiger partial charge in [0.2, 0.25) is 5.82 Å². The lowest BCUT2D eigenvalue weighted by atomic mass is 10.1. The van der Waals surface area contributed by atoms with E-state index in [4.69, 9.17) is 11.0 Å². The summed E-state index contributed by atoms with van der Waals surface area (Å²) in [5.74, 6) is -3.48. The molecule has 0 fully saturated rings. The standard InChI is InChI=1S/C13H8F5N5O2/c1-5(13(16,17)18)22-12(20)7(4-19)11(21-22)6-2-9(15)10(23(24)25)3-8(6)14/h2-3,5H,20H2,1H3. The van der Waals surface area contributed by atoms with Gasteiger partial charge in [-0.25, -0.2) is 9.07 Å². The van der Waals surface area contributed by atoms with Crippen molar-refractivity contribution >= 4 is 11.5 Å². The third-order valence-electron chi connectivity index (χ3n) is 3.39. The molecule has 2 rings (SSSR count). The number of halogens is 5. The van der Waals surface area contributed by atoms with Gasteiger partial charge in [0, 0.05) is 5.56 Å². The Hall–Kier alpha value is -3.23. The molecule has 0 saturated carbocycles. The van der Waals surface area contributed by atoms with Gasteiger partial charge in [-0.1, -0.05) is 0 Å². The maximum atomic E-state index is 14.1. The second kappa shape index (κ2) is 6.00. The zero-order valence-corrected chi connectivity index (χ0v) is 12.3. The molecule has 1 atom stereocenters. The van der Waals surface area contributed by atoms with Crippen molar-refractivity contribution in [3.05, 3.63) is 39.4 Å². The third-order valence-corrected chi connectivity index (χ3v) is 3.39. The molecule has 0 spiro atoms. The molecule has 0 aliphatic carbocycles. The lowest BCUT2D eigenvalue weighted by molar-refractivity contribution is -0.387. The van der Waals surface area contributed by atoms with Crippen LogP contribution in [-0.2, 0) is 0 Å². The summed E-state index contributed by atoms with van der Waals surface area (Å²) in [4.78, 5) is 9.41. The smallest absolute Gasteiger partial charge is 0.383 e. The molecule has 25 heavy (non-hydrogen) atoms. The van der Waals surface area contributed by atoms with Crippen LogP contribution in [0.5, 0.6) is 0 Å². The number of aromatic nitrogens is 2. The summed E-state index contributed by atoms with van der Waals surface area (Å²) in [6.07, 6.45) is -4.76. The van der Waals surface area contributed by atoms with Crippen molar-refractivity contribution in [3.63, 3.8) is 0 Å². The molecule has 1 unspecified atom stereocenters. The summed E-state index contributed by atoms with van der Waals surface area (Å²) in [5.41, 5.74) is 2.32. The Kier molecular flexibility index (Phi) is 4.35. The fourth-order valence-electron chi connectivity index (χ4n) is 2.04. The van der Waals surface area contributed by atoms with Gasteiger partial charge in [0.15, 0.2) is 0 Å². The van der Waals surface area contributed by atoms with E-state index in [-0.39, 0.29) is 10.7 Å². The largest absolute Gasteiger partial charge is 0.410 e. The highest BCUT2D eigenvalue weighted by Crippen LogP contribution is 2.37. The molecule has 1 heterocycles. The molecule has 1 aromatic carbocycles. The molecular formula is C13H8F5N5O2. The van der Waals surface area contributed by atoms with Gasteiger partial charge in [-0.2, -0.15) is 27.9 Å². The van der Waals surface area contributed by atoms with E-state index in [0.29, 0.717) is 13.0 Å². The van der Waals surface area contributed by atoms with Crippen LogP contribution in [0.2, 0.25) is 0 Å². The Morgan fingerprint density at radius 3 is 2.44 bits per heavy atom. The van der Waals surface area contributed by atoms with Crippen LogP contribution in [0.4, 0.5) is 33.5 Å². The monoisotopic (exact) mass is 361 g/mol. The molecule has 2 N–H and O–H groups in total. The highest BCUT2D eigenvalue weighted by molar-refractivity contribution is 5.74. The zero-order valence-electron chi connectivity index (χ0n) is 12.3. The van der Waals surface area contributed by atoms with Gasteiger partial charge in [0.1, 0.15) is 35.0 Å². The number of nitro groups is 1. The summed E-state index contributed by atoms with van der Waals surface area (Å²) in [7, 11) is 0. The van der Waals surface area contributed by atoms with Gasteiger partial charge < -0.3 is 5.73 Å². The normalized spacial score (nSPS) is 12.7. The summed E-state index contributed by atoms with van der Waals surface area (Å²) >= 11 is 0. The number of hydrogen-bond acceptors (Lipinski definition) is 5. The van der Waals surface area contributed by atoms with Crippen LogP contribution < -0.4 is 5.73 Å². The van der Waals surface area contributed by atoms with Crippen LogP contribution in [0.3, 0.4) is 0 Å². The van der Waals surface area contributed by atoms with Gasteiger partial charge in [-0.05, 0) is 13.0 Å². The molecule has 7 nitrogen and oxygen atoms in total. The van der Waals surface area contributed by atoms with Crippen LogP contribution >= 0.6 is 0 Å². The lowest BCUT2D eigenvalue weighted by Crippen LogP contribution is -2.25. The first-order chi connectivity index (χ1) is 11.5. The maximum Gasteiger partial charge on any atom is 0.410 e. The van der Waals surface area contributed by atoms with Crippen LogP contribution in [0.15, 0.2) is 12.1 Å². The van der Waals surface area contributed by atoms with Gasteiger partial charge in [0.25, 0.3) is 0 Å². The number of nitrogen functional groups attached to an aromatic ring is 1. The summed E-state index contributed by atoms with van der Waals surface area (Å²) < 4.78 is 66.6. The first kappa shape index (κ1) is 18.1. The number of hydrogen-bond donors (Lipinski definition) is 1. The average Bonchev–Trinajstić information content (AvgIpc) is 2.83. The van der Waals surface area contributed by atoms with Gasteiger partial charge in [-0.3, -0.25) is 10.1 Å². The van der Waals surface area contributed by atoms with Crippen LogP contribution in [0.1, 0.15) is 18.5 Å². The van der Waals surface area contributed by atoms with Gasteiger partial charge in [-0.15, -0.1) is 0 Å². The molecule has 0 bridgehead atoms. The summed E-state index contributed by atoms with van der Waals surface area (Å²) in [6.45, 7) is 0.709. The number of nitrogens with zero attached hydrogens (tertiary/aromatic N) is 4. The number of nitro benzene ring substituents is 1. The van der Waals surface area contributed by atoms with E-state index >= 15 is 0 Å². The minimum Gasteiger partial charge on any atom is -0.383 e. The minimum absolute atomic E-state index is 0.244. The molecule has 0 saturated heterocycles. The second-order valence-corrected chi connectivity index (χ2v) is 4.92. The zero-order chi connectivity index (χ0) is 19.1. The van der Waals surface area contributed by atoms with E-state index in [1.165, 1.54) is 6.07 Å². The van der Waals surface area contributed by atoms with Crippen LogP contribution in [0.25, 0.3) is 11.3 Å². The first-order valence-electron chi connectivity index (χ1n) is 6.47. The number of nitrogens with two attached hydrogens (primary N) is 1. The molecule has 0 aliphatic heterocycles. The fraction of sp³-hybridized carbons (Fsp3) is 0.231. The molecular weight excluding hydrogens is 353 g/mol. The molecule has 0 amide bonds. The predicted octanol–water partition coefficient (Wildman–Crippen LogP) is 3.31. The van der Waals surface area contributed by atoms with E-state index in [0.717, 1.165) is 0 Å². The lowest BCUT2D eigenvalue weighted by Gasteiger charge is -2.17. The van der Waals surface area contributed by atoms with Crippen molar-refractivity contribution in [1.82, 2.24) is 9.78 Å². The first-order valence-corrected chi connectivity index (χ1v) is 6.47. The van der Waals surface area contributed by atoms with E-state index in [1.54, 1.807) is 0 Å². The molecule has 0 aliphatic rings. The van der Waals surface area contributed by atoms with E-state index < -0.39 is 57.1 Å². The number of anilines is 1. The average molecular weight is 361 g/mol. The Labute approximate surface area is 136 Å². The SMILES string of the molecule is CC(n1nc(-c2cc(F)c([N+](=O)[O-])cc2F)c(C#N)c1N)C(F)(F)F. The highest BCUT2D eigenvalue weighted by atomic mass is 19.4. The van der Waals surface area contributed by atoms with Crippen molar-refractivity contribution in [1.29, 1.82) is 5.26 Å². The fourth-order valence-corrected chi connectivity index (χ4v) is 2.04. The van der Waals surface area contributed by atoms with E-state index in [1.807, 2.05) is 0 Å². The quantitative estimate of drug-likeness (QED) is 0.512. The minimum atomic E-state index is -4.76. The molecule has 0 radical (unpaired) electrons. The highest BCUT2D eigenvalue weighted by Gasteiger charge is 2.40. The molecule has 2 aromatic rings. The number of benzene rings is 1. The van der Waals surface area contributed by atoms with Crippen molar-refractivity contribution in [2.24, 2.45) is 0 Å². The third kappa shape index (κ3) is 3.08.